The Morgan fingerprint density at radius 1 is 1.35 bits per heavy atom. The molecular formula is C17H21N3O2S. The van der Waals surface area contributed by atoms with E-state index in [0.717, 1.165) is 24.5 Å². The van der Waals surface area contributed by atoms with Crippen LogP contribution in [0.2, 0.25) is 0 Å². The van der Waals surface area contributed by atoms with Crippen LogP contribution >= 0.6 is 11.3 Å². The lowest BCUT2D eigenvalue weighted by Crippen LogP contribution is -2.25. The second-order valence-electron chi connectivity index (χ2n) is 5.81. The number of thiazole rings is 1. The molecule has 1 saturated carbocycles. The van der Waals surface area contributed by atoms with E-state index in [1.165, 1.54) is 36.7 Å². The first-order chi connectivity index (χ1) is 11.1. The monoisotopic (exact) mass is 331 g/mol. The summed E-state index contributed by atoms with van der Waals surface area (Å²) in [4.78, 5) is 18.0. The molecule has 5 nitrogen and oxygen atoms in total. The molecule has 0 saturated heterocycles. The predicted octanol–water partition coefficient (Wildman–Crippen LogP) is 3.27. The SMILES string of the molecule is COc1ccc(CN(Cc2csc(NC(C)=O)n2)C2CC2)cc1. The molecule has 0 unspecified atom stereocenters. The zero-order valence-electron chi connectivity index (χ0n) is 13.4. The van der Waals surface area contributed by atoms with E-state index in [-0.39, 0.29) is 5.91 Å². The molecule has 1 aliphatic rings. The van der Waals surface area contributed by atoms with Gasteiger partial charge in [-0.2, -0.15) is 0 Å². The van der Waals surface area contributed by atoms with Crippen LogP contribution in [0.5, 0.6) is 5.75 Å². The van der Waals surface area contributed by atoms with Crippen LogP contribution in [0.4, 0.5) is 5.13 Å². The fraction of sp³-hybridized carbons (Fsp3) is 0.412. The predicted molar refractivity (Wildman–Crippen MR) is 91.7 cm³/mol. The molecule has 2 aromatic rings. The summed E-state index contributed by atoms with van der Waals surface area (Å²) in [6.45, 7) is 3.22. The molecule has 1 aromatic carbocycles. The highest BCUT2D eigenvalue weighted by Crippen LogP contribution is 2.30. The van der Waals surface area contributed by atoms with Gasteiger partial charge in [-0.05, 0) is 30.5 Å². The number of anilines is 1. The first-order valence-corrected chi connectivity index (χ1v) is 8.61. The number of carbonyl (C=O) groups excluding carboxylic acids is 1. The molecule has 0 atom stereocenters. The number of hydrogen-bond acceptors (Lipinski definition) is 5. The molecule has 0 spiro atoms. The molecular weight excluding hydrogens is 310 g/mol. The van der Waals surface area contributed by atoms with E-state index < -0.39 is 0 Å². The lowest BCUT2D eigenvalue weighted by atomic mass is 10.2. The Morgan fingerprint density at radius 3 is 2.70 bits per heavy atom. The summed E-state index contributed by atoms with van der Waals surface area (Å²) in [5.41, 5.74) is 2.29. The minimum Gasteiger partial charge on any atom is -0.497 e. The summed E-state index contributed by atoms with van der Waals surface area (Å²) >= 11 is 1.48. The number of aromatic nitrogens is 1. The molecule has 3 rings (SSSR count). The molecule has 0 bridgehead atoms. The molecule has 1 fully saturated rings. The summed E-state index contributed by atoms with van der Waals surface area (Å²) in [6, 6.07) is 8.86. The Balaban J connectivity index is 1.64. The van der Waals surface area contributed by atoms with Crippen molar-refractivity contribution in [2.75, 3.05) is 12.4 Å². The van der Waals surface area contributed by atoms with Crippen LogP contribution in [0, 0.1) is 0 Å². The second kappa shape index (κ2) is 7.10. The number of rotatable bonds is 7. The molecule has 122 valence electrons. The van der Waals surface area contributed by atoms with Gasteiger partial charge in [0.25, 0.3) is 0 Å². The van der Waals surface area contributed by atoms with Gasteiger partial charge in [-0.25, -0.2) is 4.98 Å². The minimum atomic E-state index is -0.0804. The number of amides is 1. The summed E-state index contributed by atoms with van der Waals surface area (Å²) < 4.78 is 5.21. The van der Waals surface area contributed by atoms with Gasteiger partial charge in [-0.15, -0.1) is 11.3 Å². The van der Waals surface area contributed by atoms with Gasteiger partial charge in [0.15, 0.2) is 5.13 Å². The van der Waals surface area contributed by atoms with Crippen LogP contribution in [0.1, 0.15) is 31.0 Å². The van der Waals surface area contributed by atoms with Crippen LogP contribution in [-0.4, -0.2) is 28.9 Å². The number of nitrogens with one attached hydrogen (secondary N) is 1. The fourth-order valence-electron chi connectivity index (χ4n) is 2.51. The van der Waals surface area contributed by atoms with Gasteiger partial charge in [-0.3, -0.25) is 9.69 Å². The van der Waals surface area contributed by atoms with E-state index in [0.29, 0.717) is 11.2 Å². The Morgan fingerprint density at radius 2 is 2.09 bits per heavy atom. The van der Waals surface area contributed by atoms with Gasteiger partial charge in [-0.1, -0.05) is 12.1 Å². The summed E-state index contributed by atoms with van der Waals surface area (Å²) in [5, 5.41) is 5.44. The quantitative estimate of drug-likeness (QED) is 0.846. The maximum absolute atomic E-state index is 11.1. The summed E-state index contributed by atoms with van der Waals surface area (Å²) in [7, 11) is 1.68. The maximum atomic E-state index is 11.1. The summed E-state index contributed by atoms with van der Waals surface area (Å²) in [5.74, 6) is 0.800. The largest absolute Gasteiger partial charge is 0.497 e. The van der Waals surface area contributed by atoms with Crippen molar-refractivity contribution in [3.05, 3.63) is 40.9 Å². The Labute approximate surface area is 140 Å². The van der Waals surface area contributed by atoms with Crippen molar-refractivity contribution in [3.8, 4) is 5.75 Å². The van der Waals surface area contributed by atoms with Crippen molar-refractivity contribution < 1.29 is 9.53 Å². The van der Waals surface area contributed by atoms with E-state index in [9.17, 15) is 4.79 Å². The number of benzene rings is 1. The van der Waals surface area contributed by atoms with Crippen LogP contribution in [0.3, 0.4) is 0 Å². The van der Waals surface area contributed by atoms with Crippen molar-refractivity contribution in [3.63, 3.8) is 0 Å². The van der Waals surface area contributed by atoms with E-state index in [1.54, 1.807) is 7.11 Å². The third-order valence-corrected chi connectivity index (χ3v) is 4.61. The number of nitrogens with zero attached hydrogens (tertiary/aromatic N) is 2. The van der Waals surface area contributed by atoms with Gasteiger partial charge in [0, 0.05) is 31.4 Å². The third-order valence-electron chi connectivity index (χ3n) is 3.81. The number of ether oxygens (including phenoxy) is 1. The standard InChI is InChI=1S/C17H21N3O2S/c1-12(21)18-17-19-14(11-23-17)10-20(15-5-6-15)9-13-3-7-16(22-2)8-4-13/h3-4,7-8,11,15H,5-6,9-10H2,1-2H3,(H,18,19,21). The molecule has 1 heterocycles. The van der Waals surface area contributed by atoms with Crippen molar-refractivity contribution in [2.24, 2.45) is 0 Å². The van der Waals surface area contributed by atoms with Gasteiger partial charge >= 0.3 is 0 Å². The van der Waals surface area contributed by atoms with Crippen LogP contribution in [0.15, 0.2) is 29.6 Å². The summed E-state index contributed by atoms with van der Waals surface area (Å²) in [6.07, 6.45) is 2.50. The second-order valence-corrected chi connectivity index (χ2v) is 6.67. The number of carbonyl (C=O) groups is 1. The Hall–Kier alpha value is -1.92. The number of hydrogen-bond donors (Lipinski definition) is 1. The highest BCUT2D eigenvalue weighted by Gasteiger charge is 2.29. The lowest BCUT2D eigenvalue weighted by Gasteiger charge is -2.21. The van der Waals surface area contributed by atoms with E-state index in [2.05, 4.69) is 27.3 Å². The highest BCUT2D eigenvalue weighted by atomic mass is 32.1. The normalized spacial score (nSPS) is 14.0. The molecule has 1 N–H and O–H groups in total. The molecule has 1 aromatic heterocycles. The number of methoxy groups -OCH3 is 1. The van der Waals surface area contributed by atoms with Crippen molar-refractivity contribution in [2.45, 2.75) is 38.9 Å². The molecule has 0 radical (unpaired) electrons. The van der Waals surface area contributed by atoms with Gasteiger partial charge in [0.2, 0.25) is 5.91 Å². The van der Waals surface area contributed by atoms with Crippen molar-refractivity contribution in [1.29, 1.82) is 0 Å². The van der Waals surface area contributed by atoms with Crippen molar-refractivity contribution >= 4 is 22.4 Å². The van der Waals surface area contributed by atoms with Crippen LogP contribution in [0.25, 0.3) is 0 Å². The molecule has 23 heavy (non-hydrogen) atoms. The molecule has 6 heteroatoms. The zero-order valence-corrected chi connectivity index (χ0v) is 14.2. The maximum Gasteiger partial charge on any atom is 0.223 e. The lowest BCUT2D eigenvalue weighted by molar-refractivity contribution is -0.114. The average Bonchev–Trinajstić information content (AvgIpc) is 3.29. The fourth-order valence-corrected chi connectivity index (χ4v) is 3.26. The smallest absolute Gasteiger partial charge is 0.223 e. The average molecular weight is 331 g/mol. The van der Waals surface area contributed by atoms with Gasteiger partial charge in [0.1, 0.15) is 5.75 Å². The molecule has 1 amide bonds. The highest BCUT2D eigenvalue weighted by molar-refractivity contribution is 7.13. The Kier molecular flexibility index (Phi) is 4.93. The molecule has 0 aliphatic heterocycles. The van der Waals surface area contributed by atoms with Gasteiger partial charge < -0.3 is 10.1 Å². The third kappa shape index (κ3) is 4.53. The molecule has 1 aliphatic carbocycles. The van der Waals surface area contributed by atoms with Crippen LogP contribution < -0.4 is 10.1 Å². The van der Waals surface area contributed by atoms with E-state index >= 15 is 0 Å². The van der Waals surface area contributed by atoms with Gasteiger partial charge in [0.05, 0.1) is 12.8 Å². The zero-order chi connectivity index (χ0) is 16.2. The van der Waals surface area contributed by atoms with Crippen molar-refractivity contribution in [1.82, 2.24) is 9.88 Å². The topological polar surface area (TPSA) is 54.5 Å². The van der Waals surface area contributed by atoms with Crippen LogP contribution in [-0.2, 0) is 17.9 Å². The Bertz CT molecular complexity index is 665. The first kappa shape index (κ1) is 16.0. The minimum absolute atomic E-state index is 0.0804. The van der Waals surface area contributed by atoms with E-state index in [4.69, 9.17) is 4.74 Å². The van der Waals surface area contributed by atoms with E-state index in [1.807, 2.05) is 17.5 Å². The first-order valence-electron chi connectivity index (χ1n) is 7.73.